The molecule has 0 aliphatic carbocycles. The molecule has 114 valence electrons. The summed E-state index contributed by atoms with van der Waals surface area (Å²) in [6, 6.07) is 8.53. The fraction of sp³-hybridized carbons (Fsp3) is 0.444. The highest BCUT2D eigenvalue weighted by molar-refractivity contribution is 5.59. The monoisotopic (exact) mass is 287 g/mol. The zero-order valence-corrected chi connectivity index (χ0v) is 13.6. The van der Waals surface area contributed by atoms with E-state index in [1.807, 2.05) is 13.8 Å². The summed E-state index contributed by atoms with van der Waals surface area (Å²) in [5.74, 6) is 2.83. The van der Waals surface area contributed by atoms with Gasteiger partial charge >= 0.3 is 0 Å². The Bertz CT molecular complexity index is 601. The maximum absolute atomic E-state index is 5.85. The summed E-state index contributed by atoms with van der Waals surface area (Å²) in [5.41, 5.74) is 3.42. The fourth-order valence-electron chi connectivity index (χ4n) is 2.47. The third-order valence-corrected chi connectivity index (χ3v) is 3.52. The maximum Gasteiger partial charge on any atom is 0.142 e. The van der Waals surface area contributed by atoms with E-state index in [1.54, 1.807) is 0 Å². The second-order valence-electron chi connectivity index (χ2n) is 5.58. The van der Waals surface area contributed by atoms with Gasteiger partial charge in [0.15, 0.2) is 0 Å². The van der Waals surface area contributed by atoms with E-state index in [0.717, 1.165) is 36.0 Å². The van der Waals surface area contributed by atoms with Crippen LogP contribution in [0.5, 0.6) is 5.75 Å². The van der Waals surface area contributed by atoms with Crippen LogP contribution in [-0.4, -0.2) is 6.61 Å². The van der Waals surface area contributed by atoms with Gasteiger partial charge in [-0.1, -0.05) is 13.0 Å². The van der Waals surface area contributed by atoms with Gasteiger partial charge in [0.1, 0.15) is 17.3 Å². The summed E-state index contributed by atoms with van der Waals surface area (Å²) in [6.07, 6.45) is 1.00. The molecule has 3 nitrogen and oxygen atoms in total. The maximum atomic E-state index is 5.85. The van der Waals surface area contributed by atoms with Crippen molar-refractivity contribution in [2.45, 2.75) is 47.1 Å². The summed E-state index contributed by atoms with van der Waals surface area (Å²) in [6.45, 7) is 11.0. The summed E-state index contributed by atoms with van der Waals surface area (Å²) in [7, 11) is 0. The number of rotatable bonds is 6. The van der Waals surface area contributed by atoms with E-state index in [1.165, 1.54) is 11.1 Å². The molecule has 1 aromatic heterocycles. The van der Waals surface area contributed by atoms with E-state index in [2.05, 4.69) is 50.4 Å². The summed E-state index contributed by atoms with van der Waals surface area (Å²) < 4.78 is 11.5. The van der Waals surface area contributed by atoms with Gasteiger partial charge in [-0.15, -0.1) is 0 Å². The minimum absolute atomic E-state index is 0.175. The van der Waals surface area contributed by atoms with Gasteiger partial charge in [0.05, 0.1) is 18.3 Å². The standard InChI is InChI=1S/C18H25NO2/c1-6-9-20-18-10-12(2)7-8-17(18)19-14(4)16-11-13(3)21-15(16)5/h7-8,10-11,14,19H,6,9H2,1-5H3. The first-order chi connectivity index (χ1) is 10.0. The lowest BCUT2D eigenvalue weighted by molar-refractivity contribution is 0.318. The number of furan rings is 1. The number of ether oxygens (including phenoxy) is 1. The molecule has 3 heteroatoms. The molecule has 1 aromatic carbocycles. The molecule has 0 fully saturated rings. The Kier molecular flexibility index (Phi) is 4.94. The van der Waals surface area contributed by atoms with E-state index in [9.17, 15) is 0 Å². The molecule has 1 unspecified atom stereocenters. The third-order valence-electron chi connectivity index (χ3n) is 3.52. The Labute approximate surface area is 127 Å². The topological polar surface area (TPSA) is 34.4 Å². The molecule has 1 N–H and O–H groups in total. The van der Waals surface area contributed by atoms with Gasteiger partial charge < -0.3 is 14.5 Å². The minimum Gasteiger partial charge on any atom is -0.491 e. The Morgan fingerprint density at radius 2 is 1.95 bits per heavy atom. The molecule has 1 heterocycles. The number of nitrogens with one attached hydrogen (secondary N) is 1. The molecular formula is C18H25NO2. The molecule has 0 bridgehead atoms. The number of hydrogen-bond acceptors (Lipinski definition) is 3. The van der Waals surface area contributed by atoms with Crippen molar-refractivity contribution in [3.8, 4) is 5.75 Å². The second kappa shape index (κ2) is 6.70. The summed E-state index contributed by atoms with van der Waals surface area (Å²) >= 11 is 0. The van der Waals surface area contributed by atoms with Gasteiger partial charge in [-0.2, -0.15) is 0 Å². The van der Waals surface area contributed by atoms with Gasteiger partial charge in [-0.25, -0.2) is 0 Å². The summed E-state index contributed by atoms with van der Waals surface area (Å²) in [4.78, 5) is 0. The molecule has 21 heavy (non-hydrogen) atoms. The van der Waals surface area contributed by atoms with Crippen molar-refractivity contribution in [1.82, 2.24) is 0 Å². The van der Waals surface area contributed by atoms with Crippen LogP contribution < -0.4 is 10.1 Å². The van der Waals surface area contributed by atoms with E-state index >= 15 is 0 Å². The highest BCUT2D eigenvalue weighted by atomic mass is 16.5. The van der Waals surface area contributed by atoms with Crippen molar-refractivity contribution in [3.05, 3.63) is 46.9 Å². The first kappa shape index (κ1) is 15.5. The predicted molar refractivity (Wildman–Crippen MR) is 87.2 cm³/mol. The van der Waals surface area contributed by atoms with Crippen molar-refractivity contribution in [2.75, 3.05) is 11.9 Å². The normalized spacial score (nSPS) is 12.2. The van der Waals surface area contributed by atoms with Crippen LogP contribution in [0.2, 0.25) is 0 Å². The Morgan fingerprint density at radius 3 is 2.57 bits per heavy atom. The lowest BCUT2D eigenvalue weighted by Gasteiger charge is -2.18. The van der Waals surface area contributed by atoms with Crippen molar-refractivity contribution in [2.24, 2.45) is 0 Å². The number of hydrogen-bond donors (Lipinski definition) is 1. The zero-order chi connectivity index (χ0) is 15.4. The smallest absolute Gasteiger partial charge is 0.142 e. The van der Waals surface area contributed by atoms with Crippen LogP contribution in [-0.2, 0) is 0 Å². The molecule has 0 amide bonds. The van der Waals surface area contributed by atoms with Gasteiger partial charge in [-0.05, 0) is 57.9 Å². The Balaban J connectivity index is 2.20. The lowest BCUT2D eigenvalue weighted by atomic mass is 10.1. The molecule has 0 aliphatic rings. The van der Waals surface area contributed by atoms with Crippen molar-refractivity contribution in [1.29, 1.82) is 0 Å². The molecule has 2 aromatic rings. The van der Waals surface area contributed by atoms with Crippen LogP contribution in [0.4, 0.5) is 5.69 Å². The van der Waals surface area contributed by atoms with E-state index in [-0.39, 0.29) is 6.04 Å². The van der Waals surface area contributed by atoms with E-state index in [4.69, 9.17) is 9.15 Å². The quantitative estimate of drug-likeness (QED) is 0.796. The van der Waals surface area contributed by atoms with Crippen LogP contribution >= 0.6 is 0 Å². The van der Waals surface area contributed by atoms with Gasteiger partial charge in [-0.3, -0.25) is 0 Å². The molecule has 0 saturated heterocycles. The number of anilines is 1. The Hall–Kier alpha value is -1.90. The molecule has 1 atom stereocenters. The zero-order valence-electron chi connectivity index (χ0n) is 13.6. The van der Waals surface area contributed by atoms with Crippen molar-refractivity contribution >= 4 is 5.69 Å². The van der Waals surface area contributed by atoms with Crippen LogP contribution in [0, 0.1) is 20.8 Å². The average Bonchev–Trinajstić information content (AvgIpc) is 2.78. The Morgan fingerprint density at radius 1 is 1.19 bits per heavy atom. The van der Waals surface area contributed by atoms with Gasteiger partial charge in [0.2, 0.25) is 0 Å². The van der Waals surface area contributed by atoms with Crippen LogP contribution in [0.3, 0.4) is 0 Å². The van der Waals surface area contributed by atoms with Crippen LogP contribution in [0.1, 0.15) is 49.0 Å². The fourth-order valence-corrected chi connectivity index (χ4v) is 2.47. The van der Waals surface area contributed by atoms with Crippen LogP contribution in [0.25, 0.3) is 0 Å². The second-order valence-corrected chi connectivity index (χ2v) is 5.58. The van der Waals surface area contributed by atoms with Gasteiger partial charge in [0, 0.05) is 5.56 Å². The average molecular weight is 287 g/mol. The van der Waals surface area contributed by atoms with E-state index in [0.29, 0.717) is 0 Å². The van der Waals surface area contributed by atoms with E-state index < -0.39 is 0 Å². The molecule has 0 spiro atoms. The molecule has 0 radical (unpaired) electrons. The van der Waals surface area contributed by atoms with Crippen molar-refractivity contribution in [3.63, 3.8) is 0 Å². The lowest BCUT2D eigenvalue weighted by Crippen LogP contribution is -2.09. The summed E-state index contributed by atoms with van der Waals surface area (Å²) in [5, 5.41) is 3.53. The molecule has 0 aliphatic heterocycles. The molecule has 0 saturated carbocycles. The highest BCUT2D eigenvalue weighted by Gasteiger charge is 2.14. The SMILES string of the molecule is CCCOc1cc(C)ccc1NC(C)c1cc(C)oc1C. The molecular weight excluding hydrogens is 262 g/mol. The minimum atomic E-state index is 0.175. The first-order valence-corrected chi connectivity index (χ1v) is 7.58. The largest absolute Gasteiger partial charge is 0.491 e. The first-order valence-electron chi connectivity index (χ1n) is 7.58. The molecule has 2 rings (SSSR count). The number of benzene rings is 1. The predicted octanol–water partition coefficient (Wildman–Crippen LogP) is 5.17. The van der Waals surface area contributed by atoms with Crippen LogP contribution in [0.15, 0.2) is 28.7 Å². The highest BCUT2D eigenvalue weighted by Crippen LogP contribution is 2.31. The van der Waals surface area contributed by atoms with Crippen molar-refractivity contribution < 1.29 is 9.15 Å². The number of aryl methyl sites for hydroxylation is 3. The van der Waals surface area contributed by atoms with Gasteiger partial charge in [0.25, 0.3) is 0 Å². The third kappa shape index (κ3) is 3.81.